The molecule has 1 aliphatic rings. The highest BCUT2D eigenvalue weighted by molar-refractivity contribution is 6.74. The first-order chi connectivity index (χ1) is 19.2. The lowest BCUT2D eigenvalue weighted by Crippen LogP contribution is -2.50. The van der Waals surface area contributed by atoms with Crippen molar-refractivity contribution in [2.45, 2.75) is 96.7 Å². The minimum atomic E-state index is -4.80. The number of alkyl halides is 3. The number of alkyl carbamates (subject to hydrolysis) is 1. The Kier molecular flexibility index (Phi) is 9.88. The molecule has 0 bridgehead atoms. The molecule has 0 radical (unpaired) electrons. The van der Waals surface area contributed by atoms with Gasteiger partial charge in [-0.1, -0.05) is 20.8 Å². The number of rotatable bonds is 10. The number of amides is 1. The fourth-order valence-electron chi connectivity index (χ4n) is 3.85. The van der Waals surface area contributed by atoms with Gasteiger partial charge < -0.3 is 34.7 Å². The molecule has 1 aliphatic carbocycles. The van der Waals surface area contributed by atoms with Crippen LogP contribution >= 0.6 is 0 Å². The van der Waals surface area contributed by atoms with Crippen LogP contribution in [0.4, 0.5) is 29.5 Å². The average molecular weight is 611 g/mol. The SMILES string of the molecule is CC(C)(C)OC(=O)NCC(=N)c1c(O[C@H]2C[C@@H](O[Si](C)(C)C(C)(C)C)C2)ccnc1Nc1ccc(OC(F)(F)F)cc1. The van der Waals surface area contributed by atoms with Gasteiger partial charge in [-0.2, -0.15) is 0 Å². The van der Waals surface area contributed by atoms with Crippen molar-refractivity contribution in [1.29, 1.82) is 5.41 Å². The van der Waals surface area contributed by atoms with Gasteiger partial charge in [0.2, 0.25) is 0 Å². The molecule has 0 unspecified atom stereocenters. The lowest BCUT2D eigenvalue weighted by molar-refractivity contribution is -0.274. The summed E-state index contributed by atoms with van der Waals surface area (Å²) in [7, 11) is -1.93. The van der Waals surface area contributed by atoms with E-state index in [2.05, 4.69) is 54.2 Å². The van der Waals surface area contributed by atoms with Crippen molar-refractivity contribution >= 4 is 31.6 Å². The molecule has 2 aromatic rings. The second-order valence-electron chi connectivity index (χ2n) is 12.8. The van der Waals surface area contributed by atoms with Crippen LogP contribution in [-0.4, -0.2) is 55.8 Å². The normalized spacial score (nSPS) is 17.6. The van der Waals surface area contributed by atoms with Crippen molar-refractivity contribution in [3.63, 3.8) is 0 Å². The van der Waals surface area contributed by atoms with Crippen molar-refractivity contribution in [3.8, 4) is 11.5 Å². The van der Waals surface area contributed by atoms with Gasteiger partial charge in [0.25, 0.3) is 0 Å². The highest BCUT2D eigenvalue weighted by Gasteiger charge is 2.43. The van der Waals surface area contributed by atoms with Gasteiger partial charge in [0.15, 0.2) is 8.32 Å². The summed E-state index contributed by atoms with van der Waals surface area (Å²) >= 11 is 0. The third kappa shape index (κ3) is 9.62. The Hall–Kier alpha value is -3.32. The van der Waals surface area contributed by atoms with Gasteiger partial charge in [0, 0.05) is 24.7 Å². The van der Waals surface area contributed by atoms with E-state index in [1.54, 1.807) is 26.8 Å². The van der Waals surface area contributed by atoms with Crippen LogP contribution in [0.2, 0.25) is 18.1 Å². The van der Waals surface area contributed by atoms with E-state index in [-0.39, 0.29) is 41.1 Å². The van der Waals surface area contributed by atoms with E-state index in [1.807, 2.05) is 0 Å². The zero-order valence-electron chi connectivity index (χ0n) is 25.4. The van der Waals surface area contributed by atoms with Crippen LogP contribution in [0.25, 0.3) is 0 Å². The van der Waals surface area contributed by atoms with Crippen molar-refractivity contribution in [2.24, 2.45) is 0 Å². The molecule has 3 N–H and O–H groups in total. The molecule has 1 heterocycles. The van der Waals surface area contributed by atoms with E-state index in [9.17, 15) is 18.0 Å². The Morgan fingerprint density at radius 3 is 2.19 bits per heavy atom. The molecule has 1 amide bonds. The lowest BCUT2D eigenvalue weighted by Gasteiger charge is -2.44. The van der Waals surface area contributed by atoms with Crippen molar-refractivity contribution in [2.75, 3.05) is 11.9 Å². The summed E-state index contributed by atoms with van der Waals surface area (Å²) in [4.78, 5) is 16.6. The van der Waals surface area contributed by atoms with Gasteiger partial charge >= 0.3 is 12.5 Å². The van der Waals surface area contributed by atoms with Crippen LogP contribution in [0.3, 0.4) is 0 Å². The van der Waals surface area contributed by atoms with E-state index in [0.717, 1.165) is 0 Å². The number of pyridine rings is 1. The van der Waals surface area contributed by atoms with E-state index in [4.69, 9.17) is 19.3 Å². The zero-order valence-corrected chi connectivity index (χ0v) is 26.4. The molecule has 0 saturated heterocycles. The Bertz CT molecular complexity index is 1250. The number of benzene rings is 1. The number of nitrogens with one attached hydrogen (secondary N) is 3. The summed E-state index contributed by atoms with van der Waals surface area (Å²) in [6.07, 6.45) is -2.63. The molecule has 1 aromatic heterocycles. The first-order valence-corrected chi connectivity index (χ1v) is 16.6. The standard InChI is InChI=1S/C29H41F3N4O5Si/c1-27(2,3)40-26(37)35-17-22(33)24-23(38-20-15-21(16-20)41-42(7,8)28(4,5)6)13-14-34-25(24)36-18-9-11-19(12-10-18)39-29(30,31)32/h9-14,20-21,33H,15-17H2,1-8H3,(H,34,36)(H,35,37)/t20-,21+. The van der Waals surface area contributed by atoms with Gasteiger partial charge in [0.05, 0.1) is 23.9 Å². The first-order valence-electron chi connectivity index (χ1n) is 13.7. The summed E-state index contributed by atoms with van der Waals surface area (Å²) in [5.41, 5.74) is 0.00111. The smallest absolute Gasteiger partial charge is 0.489 e. The number of carbonyl (C=O) groups excluding carboxylic acids is 1. The lowest BCUT2D eigenvalue weighted by atomic mass is 9.92. The fourth-order valence-corrected chi connectivity index (χ4v) is 5.23. The Labute approximate surface area is 246 Å². The summed E-state index contributed by atoms with van der Waals surface area (Å²) < 4.78 is 59.7. The number of nitrogens with zero attached hydrogens (tertiary/aromatic N) is 1. The molecule has 9 nitrogen and oxygen atoms in total. The molecule has 13 heteroatoms. The average Bonchev–Trinajstić information content (AvgIpc) is 2.80. The minimum Gasteiger partial charge on any atom is -0.489 e. The molecular formula is C29H41F3N4O5Si. The minimum absolute atomic E-state index is 0.00289. The number of halogens is 3. The number of ether oxygens (including phenoxy) is 3. The number of anilines is 2. The maximum Gasteiger partial charge on any atom is 0.573 e. The summed E-state index contributed by atoms with van der Waals surface area (Å²) in [6, 6.07) is 6.78. The molecule has 3 rings (SSSR count). The second-order valence-corrected chi connectivity index (χ2v) is 17.5. The van der Waals surface area contributed by atoms with Crippen LogP contribution in [0.5, 0.6) is 11.5 Å². The van der Waals surface area contributed by atoms with Crippen molar-refractivity contribution in [1.82, 2.24) is 10.3 Å². The van der Waals surface area contributed by atoms with Crippen LogP contribution in [0.15, 0.2) is 36.5 Å². The molecule has 1 fully saturated rings. The Morgan fingerprint density at radius 2 is 1.64 bits per heavy atom. The van der Waals surface area contributed by atoms with Crippen LogP contribution in [0.1, 0.15) is 59.9 Å². The maximum absolute atomic E-state index is 12.6. The Morgan fingerprint density at radius 1 is 1.02 bits per heavy atom. The van der Waals surface area contributed by atoms with Crippen LogP contribution < -0.4 is 20.1 Å². The van der Waals surface area contributed by atoms with Crippen molar-refractivity contribution < 1.29 is 36.6 Å². The third-order valence-corrected chi connectivity index (χ3v) is 11.5. The van der Waals surface area contributed by atoms with Crippen molar-refractivity contribution in [3.05, 3.63) is 42.1 Å². The molecule has 0 atom stereocenters. The fraction of sp³-hybridized carbons (Fsp3) is 0.552. The molecule has 1 aromatic carbocycles. The van der Waals surface area contributed by atoms with Gasteiger partial charge in [-0.3, -0.25) is 0 Å². The molecule has 1 saturated carbocycles. The number of hydrogen-bond donors (Lipinski definition) is 3. The largest absolute Gasteiger partial charge is 0.573 e. The summed E-state index contributed by atoms with van der Waals surface area (Å²) in [5.74, 6) is 0.254. The highest BCUT2D eigenvalue weighted by Crippen LogP contribution is 2.41. The first kappa shape index (κ1) is 33.2. The van der Waals surface area contributed by atoms with Gasteiger partial charge in [0.1, 0.15) is 29.0 Å². The third-order valence-electron chi connectivity index (χ3n) is 6.99. The number of carbonyl (C=O) groups is 1. The molecule has 0 aliphatic heterocycles. The second kappa shape index (κ2) is 12.5. The van der Waals surface area contributed by atoms with E-state index < -0.39 is 26.4 Å². The molecule has 42 heavy (non-hydrogen) atoms. The van der Waals surface area contributed by atoms with Gasteiger partial charge in [-0.05, 0) is 69.2 Å². The molecule has 232 valence electrons. The predicted molar refractivity (Wildman–Crippen MR) is 157 cm³/mol. The quantitative estimate of drug-likeness (QED) is 0.188. The van der Waals surface area contributed by atoms with Crippen LogP contribution in [0, 0.1) is 5.41 Å². The number of hydrogen-bond acceptors (Lipinski definition) is 8. The predicted octanol–water partition coefficient (Wildman–Crippen LogP) is 7.55. The summed E-state index contributed by atoms with van der Waals surface area (Å²) in [5, 5.41) is 14.5. The van der Waals surface area contributed by atoms with Crippen LogP contribution in [-0.2, 0) is 9.16 Å². The van der Waals surface area contributed by atoms with E-state index in [1.165, 1.54) is 30.5 Å². The topological polar surface area (TPSA) is 115 Å². The zero-order chi connectivity index (χ0) is 31.5. The maximum atomic E-state index is 12.6. The summed E-state index contributed by atoms with van der Waals surface area (Å²) in [6.45, 7) is 16.0. The Balaban J connectivity index is 1.79. The van der Waals surface area contributed by atoms with Gasteiger partial charge in [-0.25, -0.2) is 9.78 Å². The van der Waals surface area contributed by atoms with Gasteiger partial charge in [-0.15, -0.1) is 13.2 Å². The monoisotopic (exact) mass is 610 g/mol. The van der Waals surface area contributed by atoms with E-state index in [0.29, 0.717) is 29.8 Å². The molecule has 0 spiro atoms. The number of aromatic nitrogens is 1. The molecular weight excluding hydrogens is 569 g/mol. The van der Waals surface area contributed by atoms with E-state index >= 15 is 0 Å². The highest BCUT2D eigenvalue weighted by atomic mass is 28.4.